The molecule has 0 spiro atoms. The first-order valence-electron chi connectivity index (χ1n) is 6.80. The van der Waals surface area contributed by atoms with Crippen LogP contribution in [0.1, 0.15) is 44.7 Å². The molecule has 100 valence electrons. The van der Waals surface area contributed by atoms with E-state index in [4.69, 9.17) is 4.74 Å². The van der Waals surface area contributed by atoms with Crippen molar-refractivity contribution in [1.29, 1.82) is 0 Å². The maximum absolute atomic E-state index is 9.80. The molecule has 1 aromatic rings. The van der Waals surface area contributed by atoms with Crippen LogP contribution in [-0.4, -0.2) is 17.8 Å². The second-order valence-corrected chi connectivity index (χ2v) is 6.45. The number of hydrogen-bond acceptors (Lipinski definition) is 2. The van der Waals surface area contributed by atoms with Crippen molar-refractivity contribution in [2.45, 2.75) is 52.1 Å². The molecule has 2 rings (SSSR count). The van der Waals surface area contributed by atoms with Crippen LogP contribution in [0.2, 0.25) is 0 Å². The van der Waals surface area contributed by atoms with Gasteiger partial charge in [0.1, 0.15) is 12.4 Å². The monoisotopic (exact) mass is 248 g/mol. The molecule has 0 bridgehead atoms. The van der Waals surface area contributed by atoms with Gasteiger partial charge in [-0.05, 0) is 48.3 Å². The van der Waals surface area contributed by atoms with Gasteiger partial charge >= 0.3 is 0 Å². The van der Waals surface area contributed by atoms with Crippen molar-refractivity contribution in [2.24, 2.45) is 5.92 Å². The minimum Gasteiger partial charge on any atom is -0.491 e. The smallest absolute Gasteiger partial charge is 0.122 e. The van der Waals surface area contributed by atoms with E-state index in [1.165, 1.54) is 5.56 Å². The normalized spacial score (nSPS) is 17.6. The first kappa shape index (κ1) is 13.4. The third-order valence-electron chi connectivity index (χ3n) is 3.62. The van der Waals surface area contributed by atoms with E-state index in [0.717, 1.165) is 24.2 Å². The van der Waals surface area contributed by atoms with Gasteiger partial charge in [0.2, 0.25) is 0 Å². The Hall–Kier alpha value is -1.02. The number of ether oxygens (including phenoxy) is 1. The summed E-state index contributed by atoms with van der Waals surface area (Å²) in [6.07, 6.45) is 1.99. The molecule has 0 amide bonds. The van der Waals surface area contributed by atoms with Crippen LogP contribution in [0.4, 0.5) is 0 Å². The fraction of sp³-hybridized carbons (Fsp3) is 0.625. The molecule has 1 aromatic carbocycles. The molecule has 1 aliphatic carbocycles. The van der Waals surface area contributed by atoms with Crippen molar-refractivity contribution in [3.05, 3.63) is 29.3 Å². The highest BCUT2D eigenvalue weighted by atomic mass is 16.5. The lowest BCUT2D eigenvalue weighted by Crippen LogP contribution is -2.20. The Morgan fingerprint density at radius 2 is 2.00 bits per heavy atom. The van der Waals surface area contributed by atoms with Crippen molar-refractivity contribution in [3.8, 4) is 5.75 Å². The Morgan fingerprint density at radius 1 is 1.33 bits per heavy atom. The van der Waals surface area contributed by atoms with Crippen LogP contribution < -0.4 is 4.74 Å². The quantitative estimate of drug-likeness (QED) is 0.884. The lowest BCUT2D eigenvalue weighted by atomic mass is 9.86. The van der Waals surface area contributed by atoms with Crippen LogP contribution in [0, 0.1) is 12.8 Å². The largest absolute Gasteiger partial charge is 0.491 e. The van der Waals surface area contributed by atoms with E-state index in [2.05, 4.69) is 39.8 Å². The van der Waals surface area contributed by atoms with Gasteiger partial charge in [-0.2, -0.15) is 0 Å². The van der Waals surface area contributed by atoms with E-state index in [0.29, 0.717) is 12.5 Å². The molecule has 0 saturated heterocycles. The Balaban J connectivity index is 2.00. The molecule has 0 aromatic heterocycles. The second kappa shape index (κ2) is 4.93. The molecule has 1 saturated carbocycles. The minimum atomic E-state index is -0.299. The molecule has 1 fully saturated rings. The highest BCUT2D eigenvalue weighted by molar-refractivity contribution is 5.38. The molecular formula is C16H24O2. The van der Waals surface area contributed by atoms with Gasteiger partial charge in [0.05, 0.1) is 6.10 Å². The van der Waals surface area contributed by atoms with E-state index < -0.39 is 0 Å². The Kier molecular flexibility index (Phi) is 3.67. The summed E-state index contributed by atoms with van der Waals surface area (Å²) in [6, 6.07) is 6.32. The molecule has 1 N–H and O–H groups in total. The van der Waals surface area contributed by atoms with Gasteiger partial charge in [0.15, 0.2) is 0 Å². The van der Waals surface area contributed by atoms with Gasteiger partial charge < -0.3 is 9.84 Å². The molecular weight excluding hydrogens is 224 g/mol. The lowest BCUT2D eigenvalue weighted by molar-refractivity contribution is 0.0891. The Bertz CT molecular complexity index is 414. The summed E-state index contributed by atoms with van der Waals surface area (Å²) in [6.45, 7) is 9.10. The number of rotatable bonds is 4. The number of aryl methyl sites for hydroxylation is 1. The molecule has 2 nitrogen and oxygen atoms in total. The maximum atomic E-state index is 9.80. The zero-order chi connectivity index (χ0) is 13.3. The standard InChI is InChI=1S/C16H24O2/c1-11-9-13(16(2,3)4)7-8-15(11)18-10-14(17)12-5-6-12/h7-9,12,14,17H,5-6,10H2,1-4H3. The molecule has 2 heteroatoms. The first-order chi connectivity index (χ1) is 8.38. The van der Waals surface area contributed by atoms with E-state index >= 15 is 0 Å². The summed E-state index contributed by atoms with van der Waals surface area (Å²) >= 11 is 0. The summed E-state index contributed by atoms with van der Waals surface area (Å²) in [5, 5.41) is 9.80. The Morgan fingerprint density at radius 3 is 2.50 bits per heavy atom. The third kappa shape index (κ3) is 3.26. The van der Waals surface area contributed by atoms with Gasteiger partial charge in [-0.25, -0.2) is 0 Å². The number of aliphatic hydroxyl groups excluding tert-OH is 1. The first-order valence-corrected chi connectivity index (χ1v) is 6.80. The number of hydrogen-bond donors (Lipinski definition) is 1. The predicted octanol–water partition coefficient (Wildman–Crippen LogP) is 3.44. The zero-order valence-electron chi connectivity index (χ0n) is 11.9. The van der Waals surface area contributed by atoms with Crippen molar-refractivity contribution in [3.63, 3.8) is 0 Å². The van der Waals surface area contributed by atoms with Gasteiger partial charge in [-0.15, -0.1) is 0 Å². The molecule has 1 unspecified atom stereocenters. The van der Waals surface area contributed by atoms with Crippen LogP contribution in [-0.2, 0) is 5.41 Å². The van der Waals surface area contributed by atoms with Crippen LogP contribution in [0.25, 0.3) is 0 Å². The van der Waals surface area contributed by atoms with Crippen LogP contribution in [0.5, 0.6) is 5.75 Å². The van der Waals surface area contributed by atoms with Gasteiger partial charge in [-0.3, -0.25) is 0 Å². The molecule has 1 atom stereocenters. The lowest BCUT2D eigenvalue weighted by Gasteiger charge is -2.21. The van der Waals surface area contributed by atoms with Crippen molar-refractivity contribution in [2.75, 3.05) is 6.61 Å². The predicted molar refractivity (Wildman–Crippen MR) is 74.1 cm³/mol. The van der Waals surface area contributed by atoms with Crippen molar-refractivity contribution >= 4 is 0 Å². The second-order valence-electron chi connectivity index (χ2n) is 6.45. The molecule has 0 heterocycles. The summed E-state index contributed by atoms with van der Waals surface area (Å²) in [4.78, 5) is 0. The number of aliphatic hydroxyl groups is 1. The summed E-state index contributed by atoms with van der Waals surface area (Å²) in [5.74, 6) is 1.36. The molecule has 1 aliphatic rings. The van der Waals surface area contributed by atoms with Gasteiger partial charge in [-0.1, -0.05) is 32.9 Å². The van der Waals surface area contributed by atoms with E-state index in [9.17, 15) is 5.11 Å². The number of benzene rings is 1. The average molecular weight is 248 g/mol. The third-order valence-corrected chi connectivity index (χ3v) is 3.62. The highest BCUT2D eigenvalue weighted by Crippen LogP contribution is 2.33. The maximum Gasteiger partial charge on any atom is 0.122 e. The van der Waals surface area contributed by atoms with E-state index in [1.54, 1.807) is 0 Å². The fourth-order valence-corrected chi connectivity index (χ4v) is 2.07. The van der Waals surface area contributed by atoms with Gasteiger partial charge in [0.25, 0.3) is 0 Å². The molecule has 0 radical (unpaired) electrons. The van der Waals surface area contributed by atoms with E-state index in [1.807, 2.05) is 6.07 Å². The van der Waals surface area contributed by atoms with Crippen LogP contribution >= 0.6 is 0 Å². The minimum absolute atomic E-state index is 0.164. The molecule has 0 aliphatic heterocycles. The topological polar surface area (TPSA) is 29.5 Å². The fourth-order valence-electron chi connectivity index (χ4n) is 2.07. The summed E-state index contributed by atoms with van der Waals surface area (Å²) in [5.41, 5.74) is 2.62. The van der Waals surface area contributed by atoms with Crippen LogP contribution in [0.15, 0.2) is 18.2 Å². The molecule has 18 heavy (non-hydrogen) atoms. The summed E-state index contributed by atoms with van der Waals surface area (Å²) in [7, 11) is 0. The summed E-state index contributed by atoms with van der Waals surface area (Å²) < 4.78 is 5.72. The van der Waals surface area contributed by atoms with Crippen molar-refractivity contribution in [1.82, 2.24) is 0 Å². The zero-order valence-corrected chi connectivity index (χ0v) is 11.9. The average Bonchev–Trinajstić information content (AvgIpc) is 3.09. The SMILES string of the molecule is Cc1cc(C(C)(C)C)ccc1OCC(O)C1CC1. The van der Waals surface area contributed by atoms with Crippen molar-refractivity contribution < 1.29 is 9.84 Å². The van der Waals surface area contributed by atoms with Gasteiger partial charge in [0, 0.05) is 0 Å². The Labute approximate surface area is 110 Å². The van der Waals surface area contributed by atoms with Crippen LogP contribution in [0.3, 0.4) is 0 Å². The highest BCUT2D eigenvalue weighted by Gasteiger charge is 2.30. The van der Waals surface area contributed by atoms with E-state index in [-0.39, 0.29) is 11.5 Å².